The molecule has 0 aliphatic rings. The Labute approximate surface area is 101 Å². The maximum absolute atomic E-state index is 13.9. The van der Waals surface area contributed by atoms with Crippen molar-refractivity contribution in [3.63, 3.8) is 0 Å². The average molecular weight is 243 g/mol. The van der Waals surface area contributed by atoms with E-state index in [0.29, 0.717) is 0 Å². The smallest absolute Gasteiger partial charge is 0.288 e. The van der Waals surface area contributed by atoms with Crippen LogP contribution in [0.5, 0.6) is 5.75 Å². The maximum Gasteiger partial charge on any atom is 0.288 e. The molecule has 0 saturated heterocycles. The zero-order chi connectivity index (χ0) is 13.1. The molecule has 17 heavy (non-hydrogen) atoms. The largest absolute Gasteiger partial charge is 0.496 e. The van der Waals surface area contributed by atoms with Crippen LogP contribution in [0.4, 0.5) is 8.78 Å². The van der Waals surface area contributed by atoms with Gasteiger partial charge in [-0.3, -0.25) is 0 Å². The summed E-state index contributed by atoms with van der Waals surface area (Å²) in [6.45, 7) is 3.55. The Morgan fingerprint density at radius 2 is 2.00 bits per heavy atom. The summed E-state index contributed by atoms with van der Waals surface area (Å²) in [5.41, 5.74) is 0.831. The Bertz CT molecular complexity index is 378. The van der Waals surface area contributed by atoms with Gasteiger partial charge in [0.05, 0.1) is 19.2 Å². The molecule has 0 aliphatic carbocycles. The monoisotopic (exact) mass is 243 g/mol. The first-order chi connectivity index (χ1) is 7.92. The van der Waals surface area contributed by atoms with E-state index in [9.17, 15) is 8.78 Å². The van der Waals surface area contributed by atoms with Crippen LogP contribution in [0.2, 0.25) is 0 Å². The topological polar surface area (TPSA) is 21.3 Å². The first-order valence-electron chi connectivity index (χ1n) is 5.63. The van der Waals surface area contributed by atoms with Gasteiger partial charge in [0, 0.05) is 0 Å². The molecule has 4 heteroatoms. The predicted molar refractivity (Wildman–Crippen MR) is 64.9 cm³/mol. The lowest BCUT2D eigenvalue weighted by Crippen LogP contribution is -2.28. The minimum atomic E-state index is -2.93. The number of rotatable bonds is 5. The van der Waals surface area contributed by atoms with Crippen molar-refractivity contribution in [1.82, 2.24) is 5.32 Å². The van der Waals surface area contributed by atoms with Gasteiger partial charge < -0.3 is 10.1 Å². The third kappa shape index (κ3) is 3.16. The van der Waals surface area contributed by atoms with E-state index in [4.69, 9.17) is 4.74 Å². The number of ether oxygens (including phenoxy) is 1. The van der Waals surface area contributed by atoms with Gasteiger partial charge in [0.25, 0.3) is 5.92 Å². The van der Waals surface area contributed by atoms with Gasteiger partial charge in [-0.05, 0) is 30.7 Å². The van der Waals surface area contributed by atoms with Crippen LogP contribution in [0.1, 0.15) is 30.9 Å². The molecule has 0 radical (unpaired) electrons. The van der Waals surface area contributed by atoms with E-state index in [-0.39, 0.29) is 17.2 Å². The van der Waals surface area contributed by atoms with Crippen LogP contribution < -0.4 is 10.1 Å². The van der Waals surface area contributed by atoms with E-state index in [2.05, 4.69) is 5.32 Å². The number of benzene rings is 1. The predicted octanol–water partition coefficient (Wildman–Crippen LogP) is 3.13. The van der Waals surface area contributed by atoms with Crippen LogP contribution in [0.3, 0.4) is 0 Å². The lowest BCUT2D eigenvalue weighted by molar-refractivity contribution is -0.00349. The highest BCUT2D eigenvalue weighted by molar-refractivity contribution is 5.41. The van der Waals surface area contributed by atoms with Crippen molar-refractivity contribution in [1.29, 1.82) is 0 Å². The van der Waals surface area contributed by atoms with Crippen LogP contribution in [0.25, 0.3) is 0 Å². The van der Waals surface area contributed by atoms with Crippen LogP contribution in [-0.2, 0) is 5.92 Å². The molecule has 0 atom stereocenters. The molecule has 1 aromatic rings. The van der Waals surface area contributed by atoms with Crippen molar-refractivity contribution >= 4 is 0 Å². The van der Waals surface area contributed by atoms with Gasteiger partial charge >= 0.3 is 0 Å². The van der Waals surface area contributed by atoms with Crippen LogP contribution in [0.15, 0.2) is 18.2 Å². The fraction of sp³-hybridized carbons (Fsp3) is 0.538. The van der Waals surface area contributed by atoms with Gasteiger partial charge in [0.2, 0.25) is 0 Å². The van der Waals surface area contributed by atoms with Crippen molar-refractivity contribution in [3.05, 3.63) is 29.3 Å². The second kappa shape index (κ2) is 5.45. The average Bonchev–Trinajstić information content (AvgIpc) is 2.28. The summed E-state index contributed by atoms with van der Waals surface area (Å²) in [7, 11) is 2.91. The summed E-state index contributed by atoms with van der Waals surface area (Å²) in [5.74, 6) is -2.48. The SMILES string of the molecule is CNCC(F)(F)c1cc(C(C)C)ccc1OC. The molecule has 0 heterocycles. The summed E-state index contributed by atoms with van der Waals surface area (Å²) in [5, 5.41) is 2.50. The van der Waals surface area contributed by atoms with Crippen molar-refractivity contribution in [3.8, 4) is 5.75 Å². The highest BCUT2D eigenvalue weighted by Gasteiger charge is 2.34. The quantitative estimate of drug-likeness (QED) is 0.857. The van der Waals surface area contributed by atoms with Crippen LogP contribution in [0, 0.1) is 0 Å². The minimum absolute atomic E-state index is 0.0550. The third-order valence-corrected chi connectivity index (χ3v) is 2.68. The van der Waals surface area contributed by atoms with Gasteiger partial charge in [0.1, 0.15) is 5.75 Å². The molecule has 1 rings (SSSR count). The molecule has 96 valence electrons. The van der Waals surface area contributed by atoms with E-state index in [1.165, 1.54) is 20.2 Å². The number of halogens is 2. The fourth-order valence-corrected chi connectivity index (χ4v) is 1.69. The van der Waals surface area contributed by atoms with Crippen molar-refractivity contribution in [2.75, 3.05) is 20.7 Å². The molecule has 0 aliphatic heterocycles. The molecule has 0 saturated carbocycles. The number of methoxy groups -OCH3 is 1. The summed E-state index contributed by atoms with van der Waals surface area (Å²) < 4.78 is 32.8. The molecule has 2 nitrogen and oxygen atoms in total. The Balaban J connectivity index is 3.22. The molecule has 0 spiro atoms. The van der Waals surface area contributed by atoms with Gasteiger partial charge in [-0.15, -0.1) is 0 Å². The zero-order valence-electron chi connectivity index (χ0n) is 10.7. The standard InChI is InChI=1S/C13H19F2NO/c1-9(2)10-5-6-12(17-4)11(7-10)13(14,15)8-16-3/h5-7,9,16H,8H2,1-4H3. The van der Waals surface area contributed by atoms with E-state index in [1.807, 2.05) is 19.9 Å². The number of likely N-dealkylation sites (N-methyl/N-ethyl adjacent to an activating group) is 1. The normalized spacial score (nSPS) is 11.9. The first-order valence-corrected chi connectivity index (χ1v) is 5.63. The Morgan fingerprint density at radius 1 is 1.35 bits per heavy atom. The number of nitrogens with one attached hydrogen (secondary N) is 1. The van der Waals surface area contributed by atoms with E-state index in [1.54, 1.807) is 6.07 Å². The van der Waals surface area contributed by atoms with Crippen molar-refractivity contribution in [2.24, 2.45) is 0 Å². The molecule has 1 aromatic carbocycles. The molecular formula is C13H19F2NO. The minimum Gasteiger partial charge on any atom is -0.496 e. The maximum atomic E-state index is 13.9. The molecule has 0 bridgehead atoms. The number of hydrogen-bond acceptors (Lipinski definition) is 2. The lowest BCUT2D eigenvalue weighted by atomic mass is 9.97. The number of alkyl halides is 2. The van der Waals surface area contributed by atoms with E-state index in [0.717, 1.165) is 5.56 Å². The zero-order valence-corrected chi connectivity index (χ0v) is 10.7. The highest BCUT2D eigenvalue weighted by atomic mass is 19.3. The van der Waals surface area contributed by atoms with Gasteiger partial charge in [0.15, 0.2) is 0 Å². The van der Waals surface area contributed by atoms with Crippen molar-refractivity contribution < 1.29 is 13.5 Å². The van der Waals surface area contributed by atoms with E-state index < -0.39 is 12.5 Å². The summed E-state index contributed by atoms with van der Waals surface area (Å²) in [6.07, 6.45) is 0. The van der Waals surface area contributed by atoms with Crippen LogP contribution in [-0.4, -0.2) is 20.7 Å². The molecule has 0 aromatic heterocycles. The second-order valence-corrected chi connectivity index (χ2v) is 4.35. The highest BCUT2D eigenvalue weighted by Crippen LogP contribution is 2.36. The fourth-order valence-electron chi connectivity index (χ4n) is 1.69. The molecule has 0 amide bonds. The Morgan fingerprint density at radius 3 is 2.47 bits per heavy atom. The van der Waals surface area contributed by atoms with Crippen LogP contribution >= 0.6 is 0 Å². The van der Waals surface area contributed by atoms with Crippen molar-refractivity contribution in [2.45, 2.75) is 25.7 Å². The molecule has 0 unspecified atom stereocenters. The van der Waals surface area contributed by atoms with Gasteiger partial charge in [-0.2, -0.15) is 8.78 Å². The van der Waals surface area contributed by atoms with Gasteiger partial charge in [-0.25, -0.2) is 0 Å². The third-order valence-electron chi connectivity index (χ3n) is 2.68. The van der Waals surface area contributed by atoms with E-state index >= 15 is 0 Å². The second-order valence-electron chi connectivity index (χ2n) is 4.35. The number of hydrogen-bond donors (Lipinski definition) is 1. The Hall–Kier alpha value is -1.16. The molecule has 0 fully saturated rings. The van der Waals surface area contributed by atoms with Gasteiger partial charge in [-0.1, -0.05) is 19.9 Å². The first kappa shape index (κ1) is 13.9. The Kier molecular flexibility index (Phi) is 4.46. The lowest BCUT2D eigenvalue weighted by Gasteiger charge is -2.20. The molecule has 1 N–H and O–H groups in total. The summed E-state index contributed by atoms with van der Waals surface area (Å²) in [4.78, 5) is 0. The summed E-state index contributed by atoms with van der Waals surface area (Å²) >= 11 is 0. The molecular weight excluding hydrogens is 224 g/mol. The summed E-state index contributed by atoms with van der Waals surface area (Å²) in [6, 6.07) is 4.96.